The van der Waals surface area contributed by atoms with Gasteiger partial charge >= 0.3 is 5.97 Å². The molecule has 0 amide bonds. The van der Waals surface area contributed by atoms with Crippen LogP contribution in [0, 0.1) is 0 Å². The highest BCUT2D eigenvalue weighted by Gasteiger charge is 2.05. The molecule has 0 bridgehead atoms. The predicted molar refractivity (Wildman–Crippen MR) is 67.0 cm³/mol. The van der Waals surface area contributed by atoms with Crippen LogP contribution in [0.2, 0.25) is 0 Å². The number of ether oxygens (including phenoxy) is 1. The molecular weight excluding hydrogens is 239 g/mol. The summed E-state index contributed by atoms with van der Waals surface area (Å²) in [6, 6.07) is 7.28. The number of carbonyl (C=O) groups excluding carboxylic acids is 1. The molecule has 0 spiro atoms. The van der Waals surface area contributed by atoms with Crippen molar-refractivity contribution in [1.82, 2.24) is 0 Å². The van der Waals surface area contributed by atoms with Gasteiger partial charge in [-0.1, -0.05) is 12.1 Å². The molecule has 0 heterocycles. The van der Waals surface area contributed by atoms with Gasteiger partial charge in [0.15, 0.2) is 8.03 Å². The van der Waals surface area contributed by atoms with E-state index in [2.05, 4.69) is 4.74 Å². The number of hydrogen-bond acceptors (Lipinski definition) is 4. The average Bonchev–Trinajstić information content (AvgIpc) is 2.38. The summed E-state index contributed by atoms with van der Waals surface area (Å²) in [6.07, 6.45) is 2.14. The van der Waals surface area contributed by atoms with E-state index in [0.717, 1.165) is 18.4 Å². The fourth-order valence-electron chi connectivity index (χ4n) is 1.51. The Balaban J connectivity index is 2.54. The summed E-state index contributed by atoms with van der Waals surface area (Å²) in [5, 5.41) is 0. The topological polar surface area (TPSA) is 52.6 Å². The Hall–Kier alpha value is -1.12. The molecule has 1 rings (SSSR count). The Morgan fingerprint density at radius 2 is 2.12 bits per heavy atom. The average molecular weight is 256 g/mol. The molecule has 0 aromatic heterocycles. The van der Waals surface area contributed by atoms with E-state index in [1.807, 2.05) is 12.1 Å². The van der Waals surface area contributed by atoms with Crippen molar-refractivity contribution in [2.45, 2.75) is 12.8 Å². The summed E-state index contributed by atoms with van der Waals surface area (Å²) in [7, 11) is 0.948. The molecule has 17 heavy (non-hydrogen) atoms. The SMILES string of the molecule is COC(=O)c1cccc(CCC[PH](=O)OC)c1. The zero-order valence-corrected chi connectivity index (χ0v) is 11.1. The lowest BCUT2D eigenvalue weighted by molar-refractivity contribution is 0.0600. The van der Waals surface area contributed by atoms with Gasteiger partial charge in [0.2, 0.25) is 0 Å². The smallest absolute Gasteiger partial charge is 0.337 e. The van der Waals surface area contributed by atoms with E-state index in [1.165, 1.54) is 14.2 Å². The van der Waals surface area contributed by atoms with Crippen molar-refractivity contribution in [1.29, 1.82) is 0 Å². The highest BCUT2D eigenvalue weighted by Crippen LogP contribution is 2.22. The Bertz CT molecular complexity index is 403. The molecule has 0 aliphatic rings. The maximum Gasteiger partial charge on any atom is 0.337 e. The van der Waals surface area contributed by atoms with Gasteiger partial charge in [-0.05, 0) is 30.5 Å². The van der Waals surface area contributed by atoms with Crippen molar-refractivity contribution in [3.8, 4) is 0 Å². The highest BCUT2D eigenvalue weighted by atomic mass is 31.1. The molecule has 0 N–H and O–H groups in total. The van der Waals surface area contributed by atoms with Crippen LogP contribution in [0.5, 0.6) is 0 Å². The van der Waals surface area contributed by atoms with Crippen LogP contribution in [0.15, 0.2) is 24.3 Å². The second-order valence-corrected chi connectivity index (χ2v) is 5.27. The molecule has 0 aliphatic heterocycles. The Morgan fingerprint density at radius 1 is 1.35 bits per heavy atom. The van der Waals surface area contributed by atoms with Crippen LogP contribution in [0.25, 0.3) is 0 Å². The monoisotopic (exact) mass is 256 g/mol. The molecule has 0 radical (unpaired) electrons. The van der Waals surface area contributed by atoms with Crippen molar-refractivity contribution < 1.29 is 18.6 Å². The minimum Gasteiger partial charge on any atom is -0.465 e. The molecule has 1 aromatic rings. The van der Waals surface area contributed by atoms with Crippen LogP contribution in [0.1, 0.15) is 22.3 Å². The van der Waals surface area contributed by atoms with Gasteiger partial charge in [0, 0.05) is 13.3 Å². The van der Waals surface area contributed by atoms with Crippen LogP contribution in [-0.2, 0) is 20.2 Å². The molecular formula is C12H17O4P. The molecule has 0 saturated heterocycles. The normalized spacial score (nSPS) is 12.1. The zero-order chi connectivity index (χ0) is 12.7. The summed E-state index contributed by atoms with van der Waals surface area (Å²) in [4.78, 5) is 11.3. The van der Waals surface area contributed by atoms with Gasteiger partial charge in [-0.3, -0.25) is 4.57 Å². The number of methoxy groups -OCH3 is 1. The number of benzene rings is 1. The van der Waals surface area contributed by atoms with E-state index in [-0.39, 0.29) is 5.97 Å². The Labute approximate surface area is 102 Å². The first kappa shape index (κ1) is 13.9. The number of hydrogen-bond donors (Lipinski definition) is 0. The van der Waals surface area contributed by atoms with Gasteiger partial charge in [0.25, 0.3) is 0 Å². The number of aryl methyl sites for hydroxylation is 1. The van der Waals surface area contributed by atoms with Crippen LogP contribution in [0.3, 0.4) is 0 Å². The van der Waals surface area contributed by atoms with Crippen molar-refractivity contribution in [3.05, 3.63) is 35.4 Å². The number of esters is 1. The van der Waals surface area contributed by atoms with Crippen LogP contribution >= 0.6 is 8.03 Å². The standard InChI is InChI=1S/C12H17O4P/c1-15-12(13)11-7-3-5-10(9-11)6-4-8-17(14)16-2/h3,5,7,9,17H,4,6,8H2,1-2H3. The predicted octanol–water partition coefficient (Wildman–Crippen LogP) is 2.53. The highest BCUT2D eigenvalue weighted by molar-refractivity contribution is 7.39. The summed E-state index contributed by atoms with van der Waals surface area (Å²) in [6.45, 7) is 0. The summed E-state index contributed by atoms with van der Waals surface area (Å²) in [5.74, 6) is -0.336. The van der Waals surface area contributed by atoms with Crippen molar-refractivity contribution in [2.24, 2.45) is 0 Å². The van der Waals surface area contributed by atoms with Crippen LogP contribution < -0.4 is 0 Å². The molecule has 5 heteroatoms. The third-order valence-electron chi connectivity index (χ3n) is 2.42. The molecule has 1 unspecified atom stereocenters. The summed E-state index contributed by atoms with van der Waals surface area (Å²) >= 11 is 0. The second-order valence-electron chi connectivity index (χ2n) is 3.62. The second kappa shape index (κ2) is 7.25. The Morgan fingerprint density at radius 3 is 2.76 bits per heavy atom. The fraction of sp³-hybridized carbons (Fsp3) is 0.417. The lowest BCUT2D eigenvalue weighted by Gasteiger charge is -2.04. The van der Waals surface area contributed by atoms with Gasteiger partial charge in [-0.2, -0.15) is 0 Å². The van der Waals surface area contributed by atoms with Gasteiger partial charge in [-0.15, -0.1) is 0 Å². The van der Waals surface area contributed by atoms with E-state index in [1.54, 1.807) is 12.1 Å². The van der Waals surface area contributed by atoms with E-state index >= 15 is 0 Å². The van der Waals surface area contributed by atoms with Crippen molar-refractivity contribution >= 4 is 14.0 Å². The largest absolute Gasteiger partial charge is 0.465 e. The quantitative estimate of drug-likeness (QED) is 0.579. The Kier molecular flexibility index (Phi) is 5.95. The molecule has 1 aromatic carbocycles. The zero-order valence-electron chi connectivity index (χ0n) is 10.1. The van der Waals surface area contributed by atoms with E-state index in [4.69, 9.17) is 4.52 Å². The van der Waals surface area contributed by atoms with Gasteiger partial charge in [0.05, 0.1) is 12.7 Å². The summed E-state index contributed by atoms with van der Waals surface area (Å²) < 4.78 is 20.5. The third kappa shape index (κ3) is 4.72. The number of carbonyl (C=O) groups is 1. The maximum atomic E-state index is 11.3. The first-order valence-electron chi connectivity index (χ1n) is 5.41. The molecule has 1 atom stereocenters. The lowest BCUT2D eigenvalue weighted by Crippen LogP contribution is -2.01. The lowest BCUT2D eigenvalue weighted by atomic mass is 10.1. The molecule has 0 saturated carbocycles. The van der Waals surface area contributed by atoms with Gasteiger partial charge < -0.3 is 9.26 Å². The van der Waals surface area contributed by atoms with E-state index in [0.29, 0.717) is 11.7 Å². The number of rotatable bonds is 6. The molecule has 0 aliphatic carbocycles. The summed E-state index contributed by atoms with van der Waals surface area (Å²) in [5.41, 5.74) is 1.59. The van der Waals surface area contributed by atoms with E-state index < -0.39 is 8.03 Å². The van der Waals surface area contributed by atoms with Crippen molar-refractivity contribution in [2.75, 3.05) is 20.4 Å². The maximum absolute atomic E-state index is 11.3. The molecule has 4 nitrogen and oxygen atoms in total. The van der Waals surface area contributed by atoms with Gasteiger partial charge in [-0.25, -0.2) is 4.79 Å². The molecule has 0 fully saturated rings. The third-order valence-corrected chi connectivity index (χ3v) is 3.64. The molecule has 94 valence electrons. The van der Waals surface area contributed by atoms with Crippen LogP contribution in [0.4, 0.5) is 0 Å². The van der Waals surface area contributed by atoms with E-state index in [9.17, 15) is 9.36 Å². The van der Waals surface area contributed by atoms with Crippen LogP contribution in [-0.4, -0.2) is 26.4 Å². The minimum atomic E-state index is -1.87. The first-order valence-corrected chi connectivity index (χ1v) is 6.94. The fourth-order valence-corrected chi connectivity index (χ4v) is 2.18. The minimum absolute atomic E-state index is 0.336. The first-order chi connectivity index (χ1) is 8.17. The van der Waals surface area contributed by atoms with Gasteiger partial charge in [0.1, 0.15) is 0 Å². The van der Waals surface area contributed by atoms with Crippen molar-refractivity contribution in [3.63, 3.8) is 0 Å².